The minimum atomic E-state index is -1.25. The average molecular weight is 162 g/mol. The van der Waals surface area contributed by atoms with Crippen LogP contribution in [-0.2, 0) is 9.47 Å². The Balaban J connectivity index is 2.48. The van der Waals surface area contributed by atoms with Gasteiger partial charge in [0.1, 0.15) is 13.2 Å². The van der Waals surface area contributed by atoms with Gasteiger partial charge in [0, 0.05) is 6.42 Å². The molecule has 1 heterocycles. The molecule has 11 heavy (non-hydrogen) atoms. The second-order valence-electron chi connectivity index (χ2n) is 3.05. The van der Waals surface area contributed by atoms with Crippen LogP contribution < -0.4 is 0 Å². The number of hydrogen-bond acceptors (Lipinski definition) is 4. The molecule has 4 heteroatoms. The zero-order valence-corrected chi connectivity index (χ0v) is 6.83. The number of ether oxygens (including phenoxy) is 2. The van der Waals surface area contributed by atoms with E-state index in [0.29, 0.717) is 6.42 Å². The first-order valence-electron chi connectivity index (χ1n) is 3.70. The fourth-order valence-electron chi connectivity index (χ4n) is 0.824. The molecule has 1 saturated heterocycles. The van der Waals surface area contributed by atoms with E-state index in [1.54, 1.807) is 6.92 Å². The van der Waals surface area contributed by atoms with Crippen LogP contribution in [0.25, 0.3) is 0 Å². The van der Waals surface area contributed by atoms with Crippen LogP contribution in [0.2, 0.25) is 0 Å². The van der Waals surface area contributed by atoms with Crippen molar-refractivity contribution in [1.82, 2.24) is 0 Å². The van der Waals surface area contributed by atoms with E-state index in [-0.39, 0.29) is 13.2 Å². The normalized spacial score (nSPS) is 45.8. The average Bonchev–Trinajstić information content (AvgIpc) is 1.97. The molecule has 1 aliphatic heterocycles. The molecule has 1 fully saturated rings. The summed E-state index contributed by atoms with van der Waals surface area (Å²) in [5.74, 6) is -2.45. The molecule has 0 saturated carbocycles. The smallest absolute Gasteiger partial charge is 0.189 e. The summed E-state index contributed by atoms with van der Waals surface area (Å²) in [6.07, 6.45) is 0.461. The molecule has 1 rings (SSSR count). The summed E-state index contributed by atoms with van der Waals surface area (Å²) in [5, 5.41) is 18.7. The highest BCUT2D eigenvalue weighted by molar-refractivity contribution is 4.73. The first kappa shape index (κ1) is 8.93. The molecule has 0 radical (unpaired) electrons. The SMILES string of the molecule is CCC1(O)COC(C)(O)CO1. The van der Waals surface area contributed by atoms with Crippen LogP contribution in [0, 0.1) is 0 Å². The van der Waals surface area contributed by atoms with E-state index in [9.17, 15) is 10.2 Å². The molecule has 0 aromatic carbocycles. The van der Waals surface area contributed by atoms with E-state index in [0.717, 1.165) is 0 Å². The number of aliphatic hydroxyl groups is 2. The van der Waals surface area contributed by atoms with Crippen LogP contribution in [0.5, 0.6) is 0 Å². The van der Waals surface area contributed by atoms with Gasteiger partial charge < -0.3 is 19.7 Å². The molecular formula is C7H14O4. The lowest BCUT2D eigenvalue weighted by Crippen LogP contribution is -2.51. The molecule has 0 aromatic rings. The second-order valence-corrected chi connectivity index (χ2v) is 3.05. The molecule has 2 atom stereocenters. The molecular weight excluding hydrogens is 148 g/mol. The van der Waals surface area contributed by atoms with Crippen LogP contribution in [0.4, 0.5) is 0 Å². The van der Waals surface area contributed by atoms with Crippen LogP contribution in [-0.4, -0.2) is 35.0 Å². The predicted octanol–water partition coefficient (Wildman–Crippen LogP) is -0.160. The van der Waals surface area contributed by atoms with Crippen molar-refractivity contribution >= 4 is 0 Å². The van der Waals surface area contributed by atoms with Gasteiger partial charge in [-0.3, -0.25) is 0 Å². The van der Waals surface area contributed by atoms with Crippen molar-refractivity contribution in [2.45, 2.75) is 31.8 Å². The van der Waals surface area contributed by atoms with Crippen molar-refractivity contribution < 1.29 is 19.7 Å². The molecule has 2 unspecified atom stereocenters. The van der Waals surface area contributed by atoms with Gasteiger partial charge in [-0.2, -0.15) is 0 Å². The third-order valence-corrected chi connectivity index (χ3v) is 1.77. The second kappa shape index (κ2) is 2.71. The molecule has 66 valence electrons. The third kappa shape index (κ3) is 2.13. The van der Waals surface area contributed by atoms with E-state index in [1.165, 1.54) is 6.92 Å². The van der Waals surface area contributed by atoms with Crippen LogP contribution in [0.15, 0.2) is 0 Å². The van der Waals surface area contributed by atoms with Gasteiger partial charge in [0.2, 0.25) is 0 Å². The van der Waals surface area contributed by atoms with E-state index in [2.05, 4.69) is 0 Å². The lowest BCUT2D eigenvalue weighted by molar-refractivity contribution is -0.360. The van der Waals surface area contributed by atoms with E-state index in [1.807, 2.05) is 0 Å². The van der Waals surface area contributed by atoms with Gasteiger partial charge in [-0.15, -0.1) is 0 Å². The summed E-state index contributed by atoms with van der Waals surface area (Å²) in [5.41, 5.74) is 0. The summed E-state index contributed by atoms with van der Waals surface area (Å²) >= 11 is 0. The van der Waals surface area contributed by atoms with Crippen molar-refractivity contribution in [1.29, 1.82) is 0 Å². The number of hydrogen-bond donors (Lipinski definition) is 2. The zero-order valence-electron chi connectivity index (χ0n) is 6.83. The maximum atomic E-state index is 9.45. The van der Waals surface area contributed by atoms with Gasteiger partial charge in [-0.05, 0) is 6.92 Å². The molecule has 0 aliphatic carbocycles. The van der Waals surface area contributed by atoms with Crippen molar-refractivity contribution in [3.8, 4) is 0 Å². The summed E-state index contributed by atoms with van der Waals surface area (Å²) in [6, 6.07) is 0. The van der Waals surface area contributed by atoms with E-state index >= 15 is 0 Å². The van der Waals surface area contributed by atoms with Gasteiger partial charge in [0.25, 0.3) is 0 Å². The van der Waals surface area contributed by atoms with Crippen molar-refractivity contribution in [2.75, 3.05) is 13.2 Å². The molecule has 0 amide bonds. The molecule has 1 aliphatic rings. The Bertz CT molecular complexity index is 133. The quantitative estimate of drug-likeness (QED) is 0.562. The monoisotopic (exact) mass is 162 g/mol. The maximum absolute atomic E-state index is 9.45. The van der Waals surface area contributed by atoms with Gasteiger partial charge in [0.05, 0.1) is 0 Å². The molecule has 0 spiro atoms. The highest BCUT2D eigenvalue weighted by Crippen LogP contribution is 2.23. The Morgan fingerprint density at radius 2 is 1.91 bits per heavy atom. The van der Waals surface area contributed by atoms with Gasteiger partial charge >= 0.3 is 0 Å². The van der Waals surface area contributed by atoms with Gasteiger partial charge in [0.15, 0.2) is 11.6 Å². The summed E-state index contributed by atoms with van der Waals surface area (Å²) in [7, 11) is 0. The van der Waals surface area contributed by atoms with Crippen LogP contribution >= 0.6 is 0 Å². The zero-order chi connectivity index (χ0) is 8.54. The lowest BCUT2D eigenvalue weighted by atomic mass is 10.2. The Morgan fingerprint density at radius 1 is 1.27 bits per heavy atom. The first-order valence-corrected chi connectivity index (χ1v) is 3.70. The minimum absolute atomic E-state index is 0.0112. The maximum Gasteiger partial charge on any atom is 0.189 e. The molecule has 2 N–H and O–H groups in total. The minimum Gasteiger partial charge on any atom is -0.364 e. The largest absolute Gasteiger partial charge is 0.364 e. The molecule has 4 nitrogen and oxygen atoms in total. The van der Waals surface area contributed by atoms with Crippen LogP contribution in [0.3, 0.4) is 0 Å². The summed E-state index contributed by atoms with van der Waals surface area (Å²) in [6.45, 7) is 3.33. The summed E-state index contributed by atoms with van der Waals surface area (Å²) in [4.78, 5) is 0. The molecule has 0 aromatic heterocycles. The number of rotatable bonds is 1. The van der Waals surface area contributed by atoms with Crippen molar-refractivity contribution in [3.05, 3.63) is 0 Å². The van der Waals surface area contributed by atoms with Crippen molar-refractivity contribution in [2.24, 2.45) is 0 Å². The fourth-order valence-corrected chi connectivity index (χ4v) is 0.824. The standard InChI is InChI=1S/C7H14O4/c1-3-7(9)5-10-6(2,8)4-11-7/h8-9H,3-5H2,1-2H3. The summed E-state index contributed by atoms with van der Waals surface area (Å²) < 4.78 is 9.96. The Labute approximate surface area is 65.7 Å². The first-order chi connectivity index (χ1) is 4.97. The Kier molecular flexibility index (Phi) is 2.20. The van der Waals surface area contributed by atoms with E-state index in [4.69, 9.17) is 9.47 Å². The van der Waals surface area contributed by atoms with Gasteiger partial charge in [-0.25, -0.2) is 0 Å². The highest BCUT2D eigenvalue weighted by atomic mass is 16.7. The molecule has 0 bridgehead atoms. The predicted molar refractivity (Wildman–Crippen MR) is 37.8 cm³/mol. The van der Waals surface area contributed by atoms with Crippen LogP contribution in [0.1, 0.15) is 20.3 Å². The Hall–Kier alpha value is -0.160. The lowest BCUT2D eigenvalue weighted by Gasteiger charge is -2.38. The highest BCUT2D eigenvalue weighted by Gasteiger charge is 2.38. The Morgan fingerprint density at radius 3 is 2.27 bits per heavy atom. The fraction of sp³-hybridized carbons (Fsp3) is 1.00. The topological polar surface area (TPSA) is 58.9 Å². The van der Waals surface area contributed by atoms with Crippen molar-refractivity contribution in [3.63, 3.8) is 0 Å². The van der Waals surface area contributed by atoms with Gasteiger partial charge in [-0.1, -0.05) is 6.92 Å². The van der Waals surface area contributed by atoms with E-state index < -0.39 is 11.6 Å². The third-order valence-electron chi connectivity index (χ3n) is 1.77.